The van der Waals surface area contributed by atoms with Crippen molar-refractivity contribution in [3.05, 3.63) is 28.8 Å². The Balaban J connectivity index is 2.56. The van der Waals surface area contributed by atoms with E-state index in [0.717, 1.165) is 0 Å². The van der Waals surface area contributed by atoms with Gasteiger partial charge in [0.2, 0.25) is 15.9 Å². The predicted molar refractivity (Wildman–Crippen MR) is 74.0 cm³/mol. The number of carbonyl (C=O) groups excluding carboxylic acids is 1. The number of aryl methyl sites for hydroxylation is 1. The van der Waals surface area contributed by atoms with Gasteiger partial charge in [0, 0.05) is 18.7 Å². The lowest BCUT2D eigenvalue weighted by atomic mass is 10.1. The van der Waals surface area contributed by atoms with E-state index < -0.39 is 15.9 Å². The number of amides is 1. The Morgan fingerprint density at radius 3 is 2.40 bits per heavy atom. The highest BCUT2D eigenvalue weighted by Crippen LogP contribution is 2.26. The maximum Gasteiger partial charge on any atom is 0.249 e. The Bertz CT molecular complexity index is 634. The molecule has 0 saturated carbocycles. The van der Waals surface area contributed by atoms with Crippen LogP contribution >= 0.6 is 0 Å². The van der Waals surface area contributed by atoms with Gasteiger partial charge < -0.3 is 10.5 Å². The van der Waals surface area contributed by atoms with Crippen LogP contribution in [-0.2, 0) is 14.8 Å². The molecule has 0 spiro atoms. The van der Waals surface area contributed by atoms with Gasteiger partial charge >= 0.3 is 0 Å². The average molecular weight is 298 g/mol. The van der Waals surface area contributed by atoms with Gasteiger partial charge in [-0.15, -0.1) is 0 Å². The van der Waals surface area contributed by atoms with Gasteiger partial charge in [-0.1, -0.05) is 6.07 Å². The number of nitrogens with zero attached hydrogens (tertiary/aromatic N) is 1. The molecule has 1 heterocycles. The fourth-order valence-electron chi connectivity index (χ4n) is 2.41. The zero-order valence-corrected chi connectivity index (χ0v) is 12.4. The standard InChI is InChI=1S/C13H18N2O4S/c1-9-3-4-11(13(14)16)10(2)12(9)20(17,18)15-5-7-19-8-6-15/h3-4H,5-8H2,1-2H3,(H2,14,16). The second-order valence-electron chi connectivity index (χ2n) is 4.76. The lowest BCUT2D eigenvalue weighted by Crippen LogP contribution is -2.41. The quantitative estimate of drug-likeness (QED) is 0.876. The van der Waals surface area contributed by atoms with Crippen LogP contribution < -0.4 is 5.73 Å². The number of rotatable bonds is 3. The van der Waals surface area contributed by atoms with Crippen molar-refractivity contribution in [1.82, 2.24) is 4.31 Å². The van der Waals surface area contributed by atoms with E-state index in [1.54, 1.807) is 26.0 Å². The van der Waals surface area contributed by atoms with Gasteiger partial charge in [-0.05, 0) is 31.0 Å². The number of sulfonamides is 1. The molecule has 20 heavy (non-hydrogen) atoms. The van der Waals surface area contributed by atoms with Gasteiger partial charge in [0.05, 0.1) is 18.1 Å². The van der Waals surface area contributed by atoms with E-state index in [4.69, 9.17) is 10.5 Å². The van der Waals surface area contributed by atoms with Crippen molar-refractivity contribution in [2.45, 2.75) is 18.7 Å². The summed E-state index contributed by atoms with van der Waals surface area (Å²) in [7, 11) is -3.63. The number of nitrogens with two attached hydrogens (primary N) is 1. The second-order valence-corrected chi connectivity index (χ2v) is 6.64. The number of hydrogen-bond acceptors (Lipinski definition) is 4. The van der Waals surface area contributed by atoms with E-state index in [2.05, 4.69) is 0 Å². The Kier molecular flexibility index (Phi) is 4.12. The van der Waals surface area contributed by atoms with Crippen molar-refractivity contribution in [3.63, 3.8) is 0 Å². The van der Waals surface area contributed by atoms with E-state index in [1.165, 1.54) is 4.31 Å². The normalized spacial score (nSPS) is 17.1. The molecule has 0 bridgehead atoms. The van der Waals surface area contributed by atoms with Crippen LogP contribution in [0.1, 0.15) is 21.5 Å². The van der Waals surface area contributed by atoms with Crippen molar-refractivity contribution < 1.29 is 17.9 Å². The number of carbonyl (C=O) groups is 1. The first-order chi connectivity index (χ1) is 9.35. The van der Waals surface area contributed by atoms with Crippen LogP contribution in [0.15, 0.2) is 17.0 Å². The van der Waals surface area contributed by atoms with Crippen LogP contribution in [0.5, 0.6) is 0 Å². The molecular formula is C13H18N2O4S. The lowest BCUT2D eigenvalue weighted by Gasteiger charge is -2.27. The largest absolute Gasteiger partial charge is 0.379 e. The van der Waals surface area contributed by atoms with Crippen molar-refractivity contribution >= 4 is 15.9 Å². The van der Waals surface area contributed by atoms with E-state index in [1.807, 2.05) is 0 Å². The third-order valence-corrected chi connectivity index (χ3v) is 5.63. The van der Waals surface area contributed by atoms with Crippen molar-refractivity contribution in [2.24, 2.45) is 5.73 Å². The van der Waals surface area contributed by atoms with E-state index in [9.17, 15) is 13.2 Å². The molecule has 1 saturated heterocycles. The fraction of sp³-hybridized carbons (Fsp3) is 0.462. The van der Waals surface area contributed by atoms with Crippen LogP contribution in [0, 0.1) is 13.8 Å². The number of benzene rings is 1. The molecule has 1 amide bonds. The molecule has 1 aliphatic rings. The highest BCUT2D eigenvalue weighted by Gasteiger charge is 2.30. The zero-order valence-electron chi connectivity index (χ0n) is 11.5. The first kappa shape index (κ1) is 15.0. The van der Waals surface area contributed by atoms with Crippen LogP contribution in [0.2, 0.25) is 0 Å². The summed E-state index contributed by atoms with van der Waals surface area (Å²) < 4.78 is 32.0. The molecule has 0 aromatic heterocycles. The highest BCUT2D eigenvalue weighted by atomic mass is 32.2. The molecule has 1 aliphatic heterocycles. The first-order valence-electron chi connectivity index (χ1n) is 6.33. The summed E-state index contributed by atoms with van der Waals surface area (Å²) in [5, 5.41) is 0. The third kappa shape index (κ3) is 2.56. The molecule has 7 heteroatoms. The number of morpholine rings is 1. The van der Waals surface area contributed by atoms with Crippen molar-refractivity contribution in [1.29, 1.82) is 0 Å². The summed E-state index contributed by atoms with van der Waals surface area (Å²) in [4.78, 5) is 11.6. The maximum absolute atomic E-state index is 12.7. The summed E-state index contributed by atoms with van der Waals surface area (Å²) in [5.74, 6) is -0.624. The van der Waals surface area contributed by atoms with Crippen LogP contribution in [-0.4, -0.2) is 44.9 Å². The van der Waals surface area contributed by atoms with E-state index in [0.29, 0.717) is 37.4 Å². The molecule has 1 aromatic rings. The summed E-state index contributed by atoms with van der Waals surface area (Å²) >= 11 is 0. The number of hydrogen-bond donors (Lipinski definition) is 1. The average Bonchev–Trinajstić information content (AvgIpc) is 2.39. The fourth-order valence-corrected chi connectivity index (χ4v) is 4.27. The van der Waals surface area contributed by atoms with Crippen molar-refractivity contribution in [3.8, 4) is 0 Å². The van der Waals surface area contributed by atoms with Gasteiger partial charge in [-0.3, -0.25) is 4.79 Å². The molecule has 1 fully saturated rings. The summed E-state index contributed by atoms with van der Waals surface area (Å²) in [5.41, 5.74) is 6.54. The molecule has 110 valence electrons. The molecular weight excluding hydrogens is 280 g/mol. The lowest BCUT2D eigenvalue weighted by molar-refractivity contribution is 0.0730. The van der Waals surface area contributed by atoms with E-state index in [-0.39, 0.29) is 10.5 Å². The minimum Gasteiger partial charge on any atom is -0.379 e. The molecule has 0 aliphatic carbocycles. The summed E-state index contributed by atoms with van der Waals surface area (Å²) in [6, 6.07) is 3.17. The highest BCUT2D eigenvalue weighted by molar-refractivity contribution is 7.89. The van der Waals surface area contributed by atoms with E-state index >= 15 is 0 Å². The molecule has 6 nitrogen and oxygen atoms in total. The van der Waals surface area contributed by atoms with Gasteiger partial charge in [0.15, 0.2) is 0 Å². The number of primary amides is 1. The Hall–Kier alpha value is -1.44. The van der Waals surface area contributed by atoms with Crippen LogP contribution in [0.25, 0.3) is 0 Å². The third-order valence-electron chi connectivity index (χ3n) is 3.44. The Labute approximate surface area is 118 Å². The van der Waals surface area contributed by atoms with Gasteiger partial charge in [-0.25, -0.2) is 8.42 Å². The molecule has 0 unspecified atom stereocenters. The zero-order chi connectivity index (χ0) is 14.9. The molecule has 0 radical (unpaired) electrons. The topological polar surface area (TPSA) is 89.7 Å². The van der Waals surface area contributed by atoms with Gasteiger partial charge in [-0.2, -0.15) is 4.31 Å². The molecule has 2 rings (SSSR count). The number of ether oxygens (including phenoxy) is 1. The Morgan fingerprint density at radius 1 is 1.25 bits per heavy atom. The van der Waals surface area contributed by atoms with Gasteiger partial charge in [0.25, 0.3) is 0 Å². The first-order valence-corrected chi connectivity index (χ1v) is 7.77. The summed E-state index contributed by atoms with van der Waals surface area (Å²) in [6.07, 6.45) is 0. The summed E-state index contributed by atoms with van der Waals surface area (Å²) in [6.45, 7) is 4.73. The SMILES string of the molecule is Cc1ccc(C(N)=O)c(C)c1S(=O)(=O)N1CCOCC1. The predicted octanol–water partition coefficient (Wildman–Crippen LogP) is 0.423. The van der Waals surface area contributed by atoms with Crippen molar-refractivity contribution in [2.75, 3.05) is 26.3 Å². The maximum atomic E-state index is 12.7. The monoisotopic (exact) mass is 298 g/mol. The smallest absolute Gasteiger partial charge is 0.249 e. The minimum atomic E-state index is -3.63. The Morgan fingerprint density at radius 2 is 1.85 bits per heavy atom. The van der Waals surface area contributed by atoms with Crippen LogP contribution in [0.3, 0.4) is 0 Å². The van der Waals surface area contributed by atoms with Crippen LogP contribution in [0.4, 0.5) is 0 Å². The molecule has 0 atom stereocenters. The van der Waals surface area contributed by atoms with Gasteiger partial charge in [0.1, 0.15) is 0 Å². The minimum absolute atomic E-state index is 0.177. The molecule has 1 aromatic carbocycles. The molecule has 2 N–H and O–H groups in total. The second kappa shape index (κ2) is 5.51.